The molecule has 0 spiro atoms. The molecule has 17 heavy (non-hydrogen) atoms. The molecule has 3 heteroatoms. The Morgan fingerprint density at radius 2 is 1.71 bits per heavy atom. The molecule has 0 unspecified atom stereocenters. The SMILES string of the molecule is Cc1ccc(CC=O)cc1.O=CCCCCO. The lowest BCUT2D eigenvalue weighted by atomic mass is 10.1. The molecule has 3 nitrogen and oxygen atoms in total. The summed E-state index contributed by atoms with van der Waals surface area (Å²) < 4.78 is 0. The summed E-state index contributed by atoms with van der Waals surface area (Å²) in [5.41, 5.74) is 2.32. The van der Waals surface area contributed by atoms with Crippen LogP contribution in [0.3, 0.4) is 0 Å². The molecule has 1 aromatic carbocycles. The molecule has 1 aromatic rings. The van der Waals surface area contributed by atoms with E-state index < -0.39 is 0 Å². The van der Waals surface area contributed by atoms with Crippen molar-refractivity contribution in [1.29, 1.82) is 0 Å². The van der Waals surface area contributed by atoms with Crippen molar-refractivity contribution < 1.29 is 14.7 Å². The van der Waals surface area contributed by atoms with Crippen LogP contribution in [0.2, 0.25) is 0 Å². The maximum absolute atomic E-state index is 10.1. The zero-order chi connectivity index (χ0) is 12.9. The predicted octanol–water partition coefficient (Wildman–Crippen LogP) is 2.08. The summed E-state index contributed by atoms with van der Waals surface area (Å²) in [4.78, 5) is 19.7. The Hall–Kier alpha value is -1.48. The van der Waals surface area contributed by atoms with Crippen LogP contribution < -0.4 is 0 Å². The lowest BCUT2D eigenvalue weighted by Crippen LogP contribution is -1.84. The summed E-state index contributed by atoms with van der Waals surface area (Å²) in [6.45, 7) is 2.23. The smallest absolute Gasteiger partial charge is 0.124 e. The van der Waals surface area contributed by atoms with Crippen molar-refractivity contribution in [3.8, 4) is 0 Å². The van der Waals surface area contributed by atoms with E-state index in [9.17, 15) is 9.59 Å². The predicted molar refractivity (Wildman–Crippen MR) is 67.9 cm³/mol. The van der Waals surface area contributed by atoms with Gasteiger partial charge in [0.15, 0.2) is 0 Å². The Labute approximate surface area is 102 Å². The summed E-state index contributed by atoms with van der Waals surface area (Å²) in [6.07, 6.45) is 4.47. The Morgan fingerprint density at radius 1 is 1.06 bits per heavy atom. The first-order chi connectivity index (χ1) is 8.24. The van der Waals surface area contributed by atoms with Crippen molar-refractivity contribution in [2.45, 2.75) is 32.6 Å². The molecule has 1 N–H and O–H groups in total. The fourth-order valence-electron chi connectivity index (χ4n) is 1.16. The molecule has 0 radical (unpaired) electrons. The van der Waals surface area contributed by atoms with Crippen LogP contribution in [0.15, 0.2) is 24.3 Å². The first-order valence-corrected chi connectivity index (χ1v) is 5.78. The minimum absolute atomic E-state index is 0.202. The Kier molecular flexibility index (Phi) is 10.1. The van der Waals surface area contributed by atoms with Gasteiger partial charge in [-0.15, -0.1) is 0 Å². The van der Waals surface area contributed by atoms with Crippen LogP contribution in [-0.4, -0.2) is 24.3 Å². The molecular weight excluding hydrogens is 216 g/mol. The van der Waals surface area contributed by atoms with Gasteiger partial charge in [-0.1, -0.05) is 29.8 Å². The highest BCUT2D eigenvalue weighted by Crippen LogP contribution is 2.01. The van der Waals surface area contributed by atoms with Crippen LogP contribution in [0.25, 0.3) is 0 Å². The van der Waals surface area contributed by atoms with Gasteiger partial charge < -0.3 is 14.7 Å². The van der Waals surface area contributed by atoms with E-state index in [4.69, 9.17) is 5.11 Å². The molecular formula is C14H20O3. The van der Waals surface area contributed by atoms with Gasteiger partial charge in [0, 0.05) is 19.4 Å². The van der Waals surface area contributed by atoms with E-state index in [2.05, 4.69) is 0 Å². The van der Waals surface area contributed by atoms with Gasteiger partial charge in [0.1, 0.15) is 12.6 Å². The molecule has 0 bridgehead atoms. The largest absolute Gasteiger partial charge is 0.396 e. The van der Waals surface area contributed by atoms with Crippen molar-refractivity contribution in [3.05, 3.63) is 35.4 Å². The molecule has 0 heterocycles. The van der Waals surface area contributed by atoms with Gasteiger partial charge in [-0.2, -0.15) is 0 Å². The normalized spacial score (nSPS) is 9.06. The highest BCUT2D eigenvalue weighted by Gasteiger charge is 1.88. The minimum Gasteiger partial charge on any atom is -0.396 e. The number of aryl methyl sites for hydroxylation is 1. The molecule has 0 aliphatic carbocycles. The van der Waals surface area contributed by atoms with Gasteiger partial charge in [-0.05, 0) is 25.3 Å². The molecule has 0 fully saturated rings. The lowest BCUT2D eigenvalue weighted by Gasteiger charge is -1.93. The topological polar surface area (TPSA) is 54.4 Å². The van der Waals surface area contributed by atoms with E-state index in [0.29, 0.717) is 12.8 Å². The van der Waals surface area contributed by atoms with E-state index >= 15 is 0 Å². The number of unbranched alkanes of at least 4 members (excludes halogenated alkanes) is 2. The van der Waals surface area contributed by atoms with Crippen LogP contribution in [0.5, 0.6) is 0 Å². The van der Waals surface area contributed by atoms with Crippen LogP contribution in [-0.2, 0) is 16.0 Å². The number of carbonyl (C=O) groups is 2. The third kappa shape index (κ3) is 9.45. The van der Waals surface area contributed by atoms with E-state index in [-0.39, 0.29) is 6.61 Å². The van der Waals surface area contributed by atoms with Crippen molar-refractivity contribution in [2.24, 2.45) is 0 Å². The fourth-order valence-corrected chi connectivity index (χ4v) is 1.16. The van der Waals surface area contributed by atoms with Gasteiger partial charge >= 0.3 is 0 Å². The summed E-state index contributed by atoms with van der Waals surface area (Å²) in [5, 5.41) is 8.18. The van der Waals surface area contributed by atoms with E-state index in [1.54, 1.807) is 0 Å². The standard InChI is InChI=1S/C9H10O.C5H10O2/c1-8-2-4-9(5-3-8)6-7-10;6-4-2-1-3-5-7/h2-5,7H,6H2,1H3;4,7H,1-3,5H2. The van der Waals surface area contributed by atoms with E-state index in [1.807, 2.05) is 31.2 Å². The summed E-state index contributed by atoms with van der Waals surface area (Å²) >= 11 is 0. The van der Waals surface area contributed by atoms with Gasteiger partial charge in [-0.3, -0.25) is 0 Å². The third-order valence-electron chi connectivity index (χ3n) is 2.17. The second-order valence-corrected chi connectivity index (χ2v) is 3.74. The van der Waals surface area contributed by atoms with Gasteiger partial charge in [-0.25, -0.2) is 0 Å². The molecule has 0 saturated carbocycles. The Morgan fingerprint density at radius 3 is 2.18 bits per heavy atom. The molecule has 94 valence electrons. The quantitative estimate of drug-likeness (QED) is 0.607. The first-order valence-electron chi connectivity index (χ1n) is 5.78. The number of hydrogen-bond acceptors (Lipinski definition) is 3. The number of rotatable bonds is 6. The second-order valence-electron chi connectivity index (χ2n) is 3.74. The van der Waals surface area contributed by atoms with Gasteiger partial charge in [0.25, 0.3) is 0 Å². The van der Waals surface area contributed by atoms with Crippen LogP contribution >= 0.6 is 0 Å². The highest BCUT2D eigenvalue weighted by atomic mass is 16.2. The summed E-state index contributed by atoms with van der Waals surface area (Å²) in [5.74, 6) is 0. The van der Waals surface area contributed by atoms with Crippen molar-refractivity contribution in [3.63, 3.8) is 0 Å². The monoisotopic (exact) mass is 236 g/mol. The first kappa shape index (κ1) is 15.5. The third-order valence-corrected chi connectivity index (χ3v) is 2.17. The second kappa shape index (κ2) is 11.0. The van der Waals surface area contributed by atoms with E-state index in [1.165, 1.54) is 5.56 Å². The van der Waals surface area contributed by atoms with E-state index in [0.717, 1.165) is 31.0 Å². The van der Waals surface area contributed by atoms with Crippen molar-refractivity contribution in [1.82, 2.24) is 0 Å². The average Bonchev–Trinajstić information content (AvgIpc) is 2.34. The average molecular weight is 236 g/mol. The maximum atomic E-state index is 10.1. The zero-order valence-corrected chi connectivity index (χ0v) is 10.3. The molecule has 0 atom stereocenters. The maximum Gasteiger partial charge on any atom is 0.124 e. The number of carbonyl (C=O) groups excluding carboxylic acids is 2. The van der Waals surface area contributed by atoms with Gasteiger partial charge in [0.2, 0.25) is 0 Å². The molecule has 0 aliphatic heterocycles. The van der Waals surface area contributed by atoms with Crippen LogP contribution in [0, 0.1) is 6.92 Å². The van der Waals surface area contributed by atoms with Gasteiger partial charge in [0.05, 0.1) is 0 Å². The highest BCUT2D eigenvalue weighted by molar-refractivity contribution is 5.54. The molecule has 1 rings (SSSR count). The molecule has 0 amide bonds. The number of benzene rings is 1. The van der Waals surface area contributed by atoms with Crippen molar-refractivity contribution in [2.75, 3.05) is 6.61 Å². The summed E-state index contributed by atoms with van der Waals surface area (Å²) in [6, 6.07) is 7.98. The molecule has 0 aliphatic rings. The van der Waals surface area contributed by atoms with Crippen molar-refractivity contribution >= 4 is 12.6 Å². The van der Waals surface area contributed by atoms with Crippen LogP contribution in [0.4, 0.5) is 0 Å². The number of aliphatic hydroxyl groups is 1. The molecule has 0 aromatic heterocycles. The fraction of sp³-hybridized carbons (Fsp3) is 0.429. The zero-order valence-electron chi connectivity index (χ0n) is 10.3. The van der Waals surface area contributed by atoms with Crippen LogP contribution in [0.1, 0.15) is 30.4 Å². The Bertz CT molecular complexity index is 304. The lowest BCUT2D eigenvalue weighted by molar-refractivity contribution is -0.108. The number of aldehydes is 2. The Balaban J connectivity index is 0.000000325. The summed E-state index contributed by atoms with van der Waals surface area (Å²) in [7, 11) is 0. The molecule has 0 saturated heterocycles. The number of aliphatic hydroxyl groups excluding tert-OH is 1. The minimum atomic E-state index is 0.202. The number of hydrogen-bond donors (Lipinski definition) is 1.